The minimum atomic E-state index is -0.751. The number of ether oxygens (including phenoxy) is 1. The van der Waals surface area contributed by atoms with Crippen LogP contribution in [0.1, 0.15) is 6.42 Å². The fourth-order valence-electron chi connectivity index (χ4n) is 2.96. The summed E-state index contributed by atoms with van der Waals surface area (Å²) in [6.45, 7) is 0.804. The molecule has 0 bridgehead atoms. The van der Waals surface area contributed by atoms with Gasteiger partial charge in [-0.25, -0.2) is 18.7 Å². The molecular formula is C21H19ClF2N4O2S. The highest BCUT2D eigenvalue weighted by Gasteiger charge is 2.21. The van der Waals surface area contributed by atoms with Crippen molar-refractivity contribution in [2.75, 3.05) is 18.1 Å². The summed E-state index contributed by atoms with van der Waals surface area (Å²) in [7, 11) is 0. The Bertz CT molecular complexity index is 1140. The van der Waals surface area contributed by atoms with Crippen molar-refractivity contribution in [3.63, 3.8) is 0 Å². The molecule has 0 unspecified atom stereocenters. The van der Waals surface area contributed by atoms with E-state index < -0.39 is 11.6 Å². The minimum absolute atomic E-state index is 0. The Morgan fingerprint density at radius 3 is 2.74 bits per heavy atom. The molecule has 10 heteroatoms. The molecule has 0 radical (unpaired) electrons. The first kappa shape index (κ1) is 22.6. The molecule has 2 aromatic carbocycles. The van der Waals surface area contributed by atoms with Crippen LogP contribution in [0.4, 0.5) is 13.9 Å². The Hall–Kier alpha value is -3.04. The van der Waals surface area contributed by atoms with Crippen molar-refractivity contribution in [3.8, 4) is 5.75 Å². The van der Waals surface area contributed by atoms with Crippen molar-refractivity contribution in [2.45, 2.75) is 13.0 Å². The second kappa shape index (κ2) is 10.3. The number of anilines is 1. The molecule has 0 spiro atoms. The average Bonchev–Trinajstić information content (AvgIpc) is 3.40. The quantitative estimate of drug-likeness (QED) is 0.379. The molecule has 0 aliphatic carbocycles. The molecule has 0 N–H and O–H groups in total. The van der Waals surface area contributed by atoms with E-state index in [1.807, 2.05) is 29.0 Å². The van der Waals surface area contributed by atoms with E-state index in [9.17, 15) is 13.6 Å². The summed E-state index contributed by atoms with van der Waals surface area (Å²) in [5.74, 6) is -1.18. The molecule has 2 aromatic heterocycles. The number of thiazole rings is 1. The summed E-state index contributed by atoms with van der Waals surface area (Å²) >= 11 is 1.07. The lowest BCUT2D eigenvalue weighted by Gasteiger charge is -2.20. The number of aromatic nitrogens is 3. The van der Waals surface area contributed by atoms with Crippen LogP contribution in [0.25, 0.3) is 10.2 Å². The van der Waals surface area contributed by atoms with Gasteiger partial charge in [0.05, 0.1) is 11.0 Å². The zero-order valence-electron chi connectivity index (χ0n) is 16.3. The normalized spacial score (nSPS) is 10.6. The number of halogens is 3. The monoisotopic (exact) mass is 464 g/mol. The van der Waals surface area contributed by atoms with Crippen molar-refractivity contribution >= 4 is 45.0 Å². The van der Waals surface area contributed by atoms with Crippen LogP contribution < -0.4 is 9.64 Å². The van der Waals surface area contributed by atoms with Gasteiger partial charge in [0.1, 0.15) is 17.1 Å². The molecule has 6 nitrogen and oxygen atoms in total. The smallest absolute Gasteiger partial charge is 0.266 e. The molecule has 162 valence electrons. The Labute approximate surface area is 187 Å². The van der Waals surface area contributed by atoms with Crippen LogP contribution in [0.3, 0.4) is 0 Å². The largest absolute Gasteiger partial charge is 0.484 e. The van der Waals surface area contributed by atoms with Gasteiger partial charge in [-0.05, 0) is 24.6 Å². The summed E-state index contributed by atoms with van der Waals surface area (Å²) in [6.07, 6.45) is 5.84. The van der Waals surface area contributed by atoms with E-state index in [-0.39, 0.29) is 30.4 Å². The summed E-state index contributed by atoms with van der Waals surface area (Å²) in [5.41, 5.74) is 0.0489. The van der Waals surface area contributed by atoms with Crippen LogP contribution in [-0.4, -0.2) is 33.6 Å². The second-order valence-corrected chi connectivity index (χ2v) is 7.54. The number of nitrogens with zero attached hydrogens (tertiary/aromatic N) is 4. The number of para-hydroxylation sites is 1. The van der Waals surface area contributed by atoms with E-state index in [0.717, 1.165) is 17.4 Å². The van der Waals surface area contributed by atoms with E-state index >= 15 is 0 Å². The lowest BCUT2D eigenvalue weighted by molar-refractivity contribution is -0.120. The van der Waals surface area contributed by atoms with Gasteiger partial charge in [0.15, 0.2) is 17.6 Å². The number of amides is 1. The van der Waals surface area contributed by atoms with E-state index in [1.54, 1.807) is 24.7 Å². The highest BCUT2D eigenvalue weighted by atomic mass is 35.5. The Morgan fingerprint density at radius 2 is 2.00 bits per heavy atom. The number of carbonyl (C=O) groups excluding carboxylic acids is 1. The standard InChI is InChI=1S/C21H18F2N4O2S.ClH/c22-15-11-17(23)20-18(12-15)30-21(25-20)27(9-4-8-26-10-7-24-14-26)19(28)13-29-16-5-2-1-3-6-16;/h1-3,5-7,10-12,14H,4,8-9,13H2;1H. The van der Waals surface area contributed by atoms with E-state index in [1.165, 1.54) is 11.0 Å². The van der Waals surface area contributed by atoms with Crippen LogP contribution in [-0.2, 0) is 11.3 Å². The van der Waals surface area contributed by atoms with Gasteiger partial charge in [-0.3, -0.25) is 9.69 Å². The molecule has 2 heterocycles. The van der Waals surface area contributed by atoms with Crippen molar-refractivity contribution in [1.82, 2.24) is 14.5 Å². The van der Waals surface area contributed by atoms with E-state index in [0.29, 0.717) is 35.1 Å². The number of imidazole rings is 1. The highest BCUT2D eigenvalue weighted by Crippen LogP contribution is 2.31. The lowest BCUT2D eigenvalue weighted by atomic mass is 10.3. The first-order valence-corrected chi connectivity index (χ1v) is 10.1. The maximum Gasteiger partial charge on any atom is 0.266 e. The maximum absolute atomic E-state index is 14.1. The molecule has 31 heavy (non-hydrogen) atoms. The number of hydrogen-bond donors (Lipinski definition) is 0. The average molecular weight is 465 g/mol. The topological polar surface area (TPSA) is 60.2 Å². The summed E-state index contributed by atoms with van der Waals surface area (Å²) in [4.78, 5) is 22.6. The molecule has 4 aromatic rings. The predicted molar refractivity (Wildman–Crippen MR) is 118 cm³/mol. The molecular weight excluding hydrogens is 446 g/mol. The third kappa shape index (κ3) is 5.56. The number of benzene rings is 2. The zero-order chi connectivity index (χ0) is 20.9. The van der Waals surface area contributed by atoms with Gasteiger partial charge < -0.3 is 9.30 Å². The molecule has 4 rings (SSSR count). The molecule has 0 atom stereocenters. The third-order valence-corrected chi connectivity index (χ3v) is 5.42. The highest BCUT2D eigenvalue weighted by molar-refractivity contribution is 7.22. The maximum atomic E-state index is 14.1. The molecule has 0 aliphatic rings. The van der Waals surface area contributed by atoms with Gasteiger partial charge in [0.25, 0.3) is 5.91 Å². The SMILES string of the molecule is Cl.O=C(COc1ccccc1)N(CCCn1ccnc1)c1nc2c(F)cc(F)cc2s1. The Balaban J connectivity index is 0.00000272. The predicted octanol–water partition coefficient (Wildman–Crippen LogP) is 4.70. The number of fused-ring (bicyclic) bond motifs is 1. The first-order chi connectivity index (χ1) is 14.6. The van der Waals surface area contributed by atoms with Gasteiger partial charge in [-0.15, -0.1) is 12.4 Å². The Morgan fingerprint density at radius 1 is 1.19 bits per heavy atom. The van der Waals surface area contributed by atoms with E-state index in [2.05, 4.69) is 9.97 Å². The van der Waals surface area contributed by atoms with Crippen LogP contribution in [0.15, 0.2) is 61.2 Å². The summed E-state index contributed by atoms with van der Waals surface area (Å²) in [6, 6.07) is 11.0. The van der Waals surface area contributed by atoms with Crippen molar-refractivity contribution in [2.24, 2.45) is 0 Å². The molecule has 0 fully saturated rings. The van der Waals surface area contributed by atoms with Crippen LogP contribution in [0.2, 0.25) is 0 Å². The number of hydrogen-bond acceptors (Lipinski definition) is 5. The van der Waals surface area contributed by atoms with E-state index in [4.69, 9.17) is 4.74 Å². The third-order valence-electron chi connectivity index (χ3n) is 4.40. The van der Waals surface area contributed by atoms with Gasteiger partial charge >= 0.3 is 0 Å². The van der Waals surface area contributed by atoms with Gasteiger partial charge in [0, 0.05) is 31.5 Å². The number of aryl methyl sites for hydroxylation is 1. The first-order valence-electron chi connectivity index (χ1n) is 9.30. The molecule has 0 saturated carbocycles. The fourth-order valence-corrected chi connectivity index (χ4v) is 4.01. The number of carbonyl (C=O) groups is 1. The van der Waals surface area contributed by atoms with Crippen molar-refractivity contribution in [1.29, 1.82) is 0 Å². The summed E-state index contributed by atoms with van der Waals surface area (Å²) in [5, 5.41) is 0.307. The van der Waals surface area contributed by atoms with Gasteiger partial charge in [-0.2, -0.15) is 0 Å². The fraction of sp³-hybridized carbons (Fsp3) is 0.190. The number of rotatable bonds is 8. The van der Waals surface area contributed by atoms with Crippen LogP contribution in [0, 0.1) is 11.6 Å². The second-order valence-electron chi connectivity index (χ2n) is 6.53. The minimum Gasteiger partial charge on any atom is -0.484 e. The lowest BCUT2D eigenvalue weighted by Crippen LogP contribution is -2.36. The summed E-state index contributed by atoms with van der Waals surface area (Å²) < 4.78 is 35.5. The zero-order valence-corrected chi connectivity index (χ0v) is 17.9. The van der Waals surface area contributed by atoms with Crippen LogP contribution >= 0.6 is 23.7 Å². The van der Waals surface area contributed by atoms with Crippen LogP contribution in [0.5, 0.6) is 5.75 Å². The van der Waals surface area contributed by atoms with Crippen molar-refractivity contribution in [3.05, 3.63) is 72.8 Å². The molecule has 0 saturated heterocycles. The van der Waals surface area contributed by atoms with Crippen molar-refractivity contribution < 1.29 is 18.3 Å². The Kier molecular flexibility index (Phi) is 7.54. The molecule has 1 amide bonds. The molecule has 0 aliphatic heterocycles. The van der Waals surface area contributed by atoms with Gasteiger partial charge in [0.2, 0.25) is 0 Å². The van der Waals surface area contributed by atoms with Gasteiger partial charge in [-0.1, -0.05) is 29.5 Å².